The van der Waals surface area contributed by atoms with Gasteiger partial charge in [0.25, 0.3) is 5.95 Å². The van der Waals surface area contributed by atoms with Crippen LogP contribution in [0.3, 0.4) is 0 Å². The summed E-state index contributed by atoms with van der Waals surface area (Å²) in [5.74, 6) is 0.434. The van der Waals surface area contributed by atoms with Crippen molar-refractivity contribution in [3.63, 3.8) is 0 Å². The Morgan fingerprint density at radius 1 is 1.16 bits per heavy atom. The highest BCUT2D eigenvalue weighted by Crippen LogP contribution is 2.40. The zero-order chi connectivity index (χ0) is 22.8. The molecule has 2 fully saturated rings. The van der Waals surface area contributed by atoms with E-state index in [0.717, 1.165) is 11.1 Å². The number of ether oxygens (including phenoxy) is 3. The molecule has 31 heavy (non-hydrogen) atoms. The lowest BCUT2D eigenvalue weighted by Crippen LogP contribution is -2.45. The molecule has 2 aliphatic heterocycles. The van der Waals surface area contributed by atoms with Crippen LogP contribution in [0.15, 0.2) is 41.9 Å². The molecule has 172 valence electrons. The molecule has 0 aliphatic carbocycles. The van der Waals surface area contributed by atoms with Gasteiger partial charge in [-0.2, -0.15) is 5.06 Å². The van der Waals surface area contributed by atoms with Gasteiger partial charge in [-0.05, 0) is 32.3 Å². The lowest BCUT2D eigenvalue weighted by atomic mass is 9.94. The first kappa shape index (κ1) is 23.6. The highest BCUT2D eigenvalue weighted by Gasteiger charge is 2.48. The van der Waals surface area contributed by atoms with Gasteiger partial charge in [-0.1, -0.05) is 58.0 Å². The fraction of sp³-hybridized carbons (Fsp3) is 0.640. The van der Waals surface area contributed by atoms with E-state index in [1.807, 2.05) is 51.1 Å². The third-order valence-electron chi connectivity index (χ3n) is 5.34. The van der Waals surface area contributed by atoms with E-state index in [4.69, 9.17) is 19.0 Å². The van der Waals surface area contributed by atoms with Gasteiger partial charge in [-0.15, -0.1) is 0 Å². The predicted octanol–water partition coefficient (Wildman–Crippen LogP) is 4.84. The summed E-state index contributed by atoms with van der Waals surface area (Å²) in [4.78, 5) is 19.4. The molecule has 0 N–H and O–H groups in total. The van der Waals surface area contributed by atoms with Crippen LogP contribution in [0.1, 0.15) is 60.5 Å². The van der Waals surface area contributed by atoms with Crippen molar-refractivity contribution in [1.82, 2.24) is 5.06 Å². The maximum absolute atomic E-state index is 13.1. The van der Waals surface area contributed by atoms with E-state index in [1.54, 1.807) is 5.06 Å². The second kappa shape index (κ2) is 9.21. The summed E-state index contributed by atoms with van der Waals surface area (Å²) in [5, 5.41) is 1.81. The van der Waals surface area contributed by atoms with Crippen molar-refractivity contribution < 1.29 is 23.8 Å². The summed E-state index contributed by atoms with van der Waals surface area (Å²) in [6, 6.07) is 9.26. The van der Waals surface area contributed by atoms with Crippen molar-refractivity contribution in [2.45, 2.75) is 79.2 Å². The highest BCUT2D eigenvalue weighted by molar-refractivity contribution is 5.77. The summed E-state index contributed by atoms with van der Waals surface area (Å²) < 4.78 is 17.8. The fourth-order valence-corrected chi connectivity index (χ4v) is 3.91. The van der Waals surface area contributed by atoms with Crippen LogP contribution in [0.5, 0.6) is 0 Å². The first-order valence-electron chi connectivity index (χ1n) is 11.1. The zero-order valence-corrected chi connectivity index (χ0v) is 19.9. The average Bonchev–Trinajstić information content (AvgIpc) is 3.06. The zero-order valence-electron chi connectivity index (χ0n) is 19.9. The third-order valence-corrected chi connectivity index (χ3v) is 5.34. The van der Waals surface area contributed by atoms with Crippen molar-refractivity contribution in [2.24, 2.45) is 11.3 Å². The summed E-state index contributed by atoms with van der Waals surface area (Å²) in [7, 11) is 0. The Hall–Kier alpha value is -2.05. The number of carbonyl (C=O) groups excluding carboxylic acids is 1. The molecule has 2 heterocycles. The maximum atomic E-state index is 13.1. The Balaban J connectivity index is 1.90. The second-order valence-electron chi connectivity index (χ2n) is 10.6. The third kappa shape index (κ3) is 6.01. The topological polar surface area (TPSA) is 57.2 Å². The fourth-order valence-electron chi connectivity index (χ4n) is 3.91. The van der Waals surface area contributed by atoms with E-state index in [2.05, 4.69) is 27.7 Å². The van der Waals surface area contributed by atoms with Gasteiger partial charge in [0.2, 0.25) is 0 Å². The molecule has 1 aromatic carbocycles. The predicted molar refractivity (Wildman–Crippen MR) is 119 cm³/mol. The summed E-state index contributed by atoms with van der Waals surface area (Å²) >= 11 is 0. The maximum Gasteiger partial charge on any atom is 0.326 e. The van der Waals surface area contributed by atoms with Gasteiger partial charge < -0.3 is 14.2 Å². The Kier molecular flexibility index (Phi) is 7.01. The van der Waals surface area contributed by atoms with Gasteiger partial charge in [0, 0.05) is 17.4 Å². The first-order valence-corrected chi connectivity index (χ1v) is 11.1. The molecule has 2 aliphatic rings. The largest absolute Gasteiger partial charge is 0.465 e. The van der Waals surface area contributed by atoms with Crippen molar-refractivity contribution >= 4 is 5.97 Å². The van der Waals surface area contributed by atoms with Gasteiger partial charge in [0.1, 0.15) is 11.6 Å². The van der Waals surface area contributed by atoms with Crippen molar-refractivity contribution in [3.8, 4) is 0 Å². The number of hydrogen-bond donors (Lipinski definition) is 0. The van der Waals surface area contributed by atoms with Crippen LogP contribution in [0.2, 0.25) is 0 Å². The molecule has 6 heteroatoms. The lowest BCUT2D eigenvalue weighted by molar-refractivity contribution is -0.220. The number of esters is 1. The first-order chi connectivity index (χ1) is 14.5. The molecule has 1 aromatic rings. The Bertz CT molecular complexity index is 782. The number of hydroxylamine groups is 2. The van der Waals surface area contributed by atoms with Crippen LogP contribution in [0, 0.1) is 11.3 Å². The minimum atomic E-state index is -0.576. The van der Waals surface area contributed by atoms with Crippen LogP contribution >= 0.6 is 0 Å². The molecule has 0 amide bonds. The molecular weight excluding hydrogens is 394 g/mol. The van der Waals surface area contributed by atoms with Crippen molar-refractivity contribution in [2.75, 3.05) is 13.2 Å². The highest BCUT2D eigenvalue weighted by atomic mass is 16.7. The normalized spacial score (nSPS) is 24.1. The van der Waals surface area contributed by atoms with Gasteiger partial charge in [-0.25, -0.2) is 0 Å². The van der Waals surface area contributed by atoms with Gasteiger partial charge in [0.05, 0.1) is 25.9 Å². The summed E-state index contributed by atoms with van der Waals surface area (Å²) in [6.45, 7) is 15.6. The Morgan fingerprint density at radius 3 is 2.32 bits per heavy atom. The van der Waals surface area contributed by atoms with Crippen LogP contribution in [0.4, 0.5) is 0 Å². The number of nitrogens with zero attached hydrogens (tertiary/aromatic N) is 1. The molecular formula is C25H37NO5. The van der Waals surface area contributed by atoms with E-state index in [-0.39, 0.29) is 23.3 Å². The molecule has 0 aromatic heterocycles. The molecule has 0 spiro atoms. The van der Waals surface area contributed by atoms with E-state index in [0.29, 0.717) is 32.2 Å². The summed E-state index contributed by atoms with van der Waals surface area (Å²) in [5.41, 5.74) is 1.40. The number of hydrogen-bond acceptors (Lipinski definition) is 6. The van der Waals surface area contributed by atoms with Gasteiger partial charge >= 0.3 is 5.97 Å². The number of carbonyl (C=O) groups is 1. The van der Waals surface area contributed by atoms with Crippen LogP contribution < -0.4 is 0 Å². The average molecular weight is 432 g/mol. The Labute approximate surface area is 186 Å². The quantitative estimate of drug-likeness (QED) is 0.622. The smallest absolute Gasteiger partial charge is 0.326 e. The molecule has 2 atom stereocenters. The molecule has 0 radical (unpaired) electrons. The minimum Gasteiger partial charge on any atom is -0.465 e. The molecule has 6 nitrogen and oxygen atoms in total. The molecule has 0 bridgehead atoms. The Morgan fingerprint density at radius 2 is 1.77 bits per heavy atom. The molecule has 0 unspecified atom stereocenters. The van der Waals surface area contributed by atoms with Crippen molar-refractivity contribution in [1.29, 1.82) is 0 Å². The van der Waals surface area contributed by atoms with Crippen molar-refractivity contribution in [3.05, 3.63) is 47.4 Å². The molecule has 3 rings (SSSR count). The van der Waals surface area contributed by atoms with E-state index in [1.165, 1.54) is 0 Å². The SMILES string of the molecule is CC(C)[C@@H]1C(=C2OCC(C)(C)CO2)C[C@H](C(=O)OC(C)(C)C)N1OCc1ccccc1. The molecule has 2 saturated heterocycles. The van der Waals surface area contributed by atoms with Crippen LogP contribution in [-0.2, 0) is 30.4 Å². The number of benzene rings is 1. The summed E-state index contributed by atoms with van der Waals surface area (Å²) in [6.07, 6.45) is 0.461. The monoisotopic (exact) mass is 431 g/mol. The molecule has 0 saturated carbocycles. The van der Waals surface area contributed by atoms with Gasteiger partial charge in [0.15, 0.2) is 0 Å². The van der Waals surface area contributed by atoms with E-state index in [9.17, 15) is 4.79 Å². The van der Waals surface area contributed by atoms with Gasteiger partial charge in [-0.3, -0.25) is 9.63 Å². The van der Waals surface area contributed by atoms with E-state index >= 15 is 0 Å². The lowest BCUT2D eigenvalue weighted by Gasteiger charge is -2.34. The van der Waals surface area contributed by atoms with Crippen LogP contribution in [0.25, 0.3) is 0 Å². The van der Waals surface area contributed by atoms with E-state index < -0.39 is 11.6 Å². The minimum absolute atomic E-state index is 0.0376. The second-order valence-corrected chi connectivity index (χ2v) is 10.6. The van der Waals surface area contributed by atoms with Crippen LogP contribution in [-0.4, -0.2) is 41.9 Å². The standard InChI is InChI=1S/C25H37NO5/c1-17(2)21-19(23-28-15-25(6,7)16-29-23)13-20(22(27)31-24(3,4)5)26(21)30-14-18-11-9-8-10-12-18/h8-12,17,20-21H,13-16H2,1-7H3/t20-,21-/m1/s1. The number of rotatable bonds is 5.